The fraction of sp³-hybridized carbons (Fsp3) is 0.450. The van der Waals surface area contributed by atoms with E-state index in [1.807, 2.05) is 26.0 Å². The van der Waals surface area contributed by atoms with E-state index in [1.54, 1.807) is 18.4 Å². The molecule has 2 unspecified atom stereocenters. The molecule has 2 aromatic rings. The first-order valence-corrected chi connectivity index (χ1v) is 8.85. The molecule has 0 aliphatic carbocycles. The van der Waals surface area contributed by atoms with Crippen molar-refractivity contribution in [3.8, 4) is 0 Å². The van der Waals surface area contributed by atoms with Gasteiger partial charge in [-0.2, -0.15) is 0 Å². The molecule has 0 radical (unpaired) electrons. The maximum absolute atomic E-state index is 12.4. The number of aliphatic hydroxyl groups is 1. The molecule has 2 atom stereocenters. The Morgan fingerprint density at radius 3 is 2.96 bits per heavy atom. The molecule has 0 spiro atoms. The summed E-state index contributed by atoms with van der Waals surface area (Å²) in [6.45, 7) is 5.28. The molecule has 1 aromatic heterocycles. The molecule has 5 heteroatoms. The molecule has 1 saturated heterocycles. The lowest BCUT2D eigenvalue weighted by atomic mass is 10.1. The summed E-state index contributed by atoms with van der Waals surface area (Å²) in [6, 6.07) is 9.78. The van der Waals surface area contributed by atoms with Crippen molar-refractivity contribution in [2.45, 2.75) is 45.3 Å². The highest BCUT2D eigenvalue weighted by atomic mass is 16.4. The molecule has 1 amide bonds. The van der Waals surface area contributed by atoms with Gasteiger partial charge >= 0.3 is 0 Å². The SMILES string of the molecule is Cc1ccc(NC(=O)CN2CCCC2CC(O)c2ccco2)c(C)c1. The minimum atomic E-state index is -0.622. The van der Waals surface area contributed by atoms with Crippen molar-refractivity contribution in [2.24, 2.45) is 0 Å². The van der Waals surface area contributed by atoms with Crippen LogP contribution in [0.1, 0.15) is 42.3 Å². The van der Waals surface area contributed by atoms with Gasteiger partial charge in [0.1, 0.15) is 11.9 Å². The lowest BCUT2D eigenvalue weighted by Gasteiger charge is -2.25. The number of likely N-dealkylation sites (tertiary alicyclic amines) is 1. The first-order chi connectivity index (χ1) is 12.0. The largest absolute Gasteiger partial charge is 0.467 e. The minimum absolute atomic E-state index is 0.00802. The van der Waals surface area contributed by atoms with Gasteiger partial charge in [-0.1, -0.05) is 17.7 Å². The zero-order valence-electron chi connectivity index (χ0n) is 14.9. The highest BCUT2D eigenvalue weighted by molar-refractivity contribution is 5.93. The van der Waals surface area contributed by atoms with Gasteiger partial charge < -0.3 is 14.8 Å². The number of aliphatic hydroxyl groups excluding tert-OH is 1. The van der Waals surface area contributed by atoms with Gasteiger partial charge in [-0.05, 0) is 63.4 Å². The van der Waals surface area contributed by atoms with E-state index in [0.717, 1.165) is 30.6 Å². The van der Waals surface area contributed by atoms with Gasteiger partial charge in [-0.25, -0.2) is 0 Å². The van der Waals surface area contributed by atoms with Crippen LogP contribution in [0.2, 0.25) is 0 Å². The second-order valence-electron chi connectivity index (χ2n) is 6.90. The first kappa shape index (κ1) is 17.7. The number of furan rings is 1. The van der Waals surface area contributed by atoms with Crippen LogP contribution in [0, 0.1) is 13.8 Å². The Morgan fingerprint density at radius 2 is 2.24 bits per heavy atom. The third kappa shape index (κ3) is 4.50. The molecular formula is C20H26N2O3. The minimum Gasteiger partial charge on any atom is -0.467 e. The zero-order chi connectivity index (χ0) is 17.8. The van der Waals surface area contributed by atoms with Crippen molar-refractivity contribution >= 4 is 11.6 Å². The second-order valence-corrected chi connectivity index (χ2v) is 6.90. The summed E-state index contributed by atoms with van der Waals surface area (Å²) < 4.78 is 5.28. The van der Waals surface area contributed by atoms with Crippen LogP contribution < -0.4 is 5.32 Å². The molecule has 3 rings (SSSR count). The van der Waals surface area contributed by atoms with Gasteiger partial charge in [-0.15, -0.1) is 0 Å². The number of carbonyl (C=O) groups excluding carboxylic acids is 1. The summed E-state index contributed by atoms with van der Waals surface area (Å²) >= 11 is 0. The molecule has 1 aliphatic rings. The molecule has 2 heterocycles. The van der Waals surface area contributed by atoms with E-state index >= 15 is 0 Å². The monoisotopic (exact) mass is 342 g/mol. The van der Waals surface area contributed by atoms with Crippen molar-refractivity contribution in [2.75, 3.05) is 18.4 Å². The van der Waals surface area contributed by atoms with Gasteiger partial charge in [0.15, 0.2) is 0 Å². The van der Waals surface area contributed by atoms with E-state index in [-0.39, 0.29) is 11.9 Å². The molecular weight excluding hydrogens is 316 g/mol. The Bertz CT molecular complexity index is 712. The first-order valence-electron chi connectivity index (χ1n) is 8.85. The standard InChI is InChI=1S/C20H26N2O3/c1-14-7-8-17(15(2)11-14)21-20(24)13-22-9-3-5-16(22)12-18(23)19-6-4-10-25-19/h4,6-8,10-11,16,18,23H,3,5,9,12-13H2,1-2H3,(H,21,24). The summed E-state index contributed by atoms with van der Waals surface area (Å²) in [7, 11) is 0. The third-order valence-electron chi connectivity index (χ3n) is 4.87. The maximum Gasteiger partial charge on any atom is 0.238 e. The van der Waals surface area contributed by atoms with E-state index in [9.17, 15) is 9.90 Å². The number of hydrogen-bond donors (Lipinski definition) is 2. The average molecular weight is 342 g/mol. The lowest BCUT2D eigenvalue weighted by molar-refractivity contribution is -0.117. The number of anilines is 1. The Kier molecular flexibility index (Phi) is 5.56. The van der Waals surface area contributed by atoms with E-state index in [0.29, 0.717) is 18.7 Å². The van der Waals surface area contributed by atoms with Gasteiger partial charge in [0, 0.05) is 11.7 Å². The van der Waals surface area contributed by atoms with Crippen molar-refractivity contribution < 1.29 is 14.3 Å². The highest BCUT2D eigenvalue weighted by Crippen LogP contribution is 2.27. The van der Waals surface area contributed by atoms with Gasteiger partial charge in [0.05, 0.1) is 12.8 Å². The van der Waals surface area contributed by atoms with Gasteiger partial charge in [-0.3, -0.25) is 9.69 Å². The molecule has 1 fully saturated rings. The van der Waals surface area contributed by atoms with Crippen molar-refractivity contribution in [3.63, 3.8) is 0 Å². The van der Waals surface area contributed by atoms with Crippen LogP contribution in [-0.4, -0.2) is 35.0 Å². The molecule has 0 saturated carbocycles. The van der Waals surface area contributed by atoms with Crippen molar-refractivity contribution in [3.05, 3.63) is 53.5 Å². The lowest BCUT2D eigenvalue weighted by Crippen LogP contribution is -2.37. The van der Waals surface area contributed by atoms with Crippen LogP contribution in [0.4, 0.5) is 5.69 Å². The zero-order valence-corrected chi connectivity index (χ0v) is 14.9. The number of nitrogens with zero attached hydrogens (tertiary/aromatic N) is 1. The third-order valence-corrected chi connectivity index (χ3v) is 4.87. The van der Waals surface area contributed by atoms with Gasteiger partial charge in [0.2, 0.25) is 5.91 Å². The number of nitrogens with one attached hydrogen (secondary N) is 1. The Hall–Kier alpha value is -2.11. The molecule has 1 aromatic carbocycles. The predicted molar refractivity (Wildman–Crippen MR) is 97.4 cm³/mol. The smallest absolute Gasteiger partial charge is 0.238 e. The van der Waals surface area contributed by atoms with E-state index < -0.39 is 6.10 Å². The Balaban J connectivity index is 1.56. The molecule has 0 bridgehead atoms. The maximum atomic E-state index is 12.4. The van der Waals surface area contributed by atoms with E-state index in [4.69, 9.17) is 4.42 Å². The molecule has 134 valence electrons. The fourth-order valence-electron chi connectivity index (χ4n) is 3.55. The number of carbonyl (C=O) groups is 1. The number of benzene rings is 1. The molecule has 25 heavy (non-hydrogen) atoms. The van der Waals surface area contributed by atoms with Gasteiger partial charge in [0.25, 0.3) is 0 Å². The Labute approximate surface area is 148 Å². The fourth-order valence-corrected chi connectivity index (χ4v) is 3.55. The number of amides is 1. The molecule has 5 nitrogen and oxygen atoms in total. The van der Waals surface area contributed by atoms with Crippen LogP contribution in [0.5, 0.6) is 0 Å². The van der Waals surface area contributed by atoms with Crippen molar-refractivity contribution in [1.29, 1.82) is 0 Å². The summed E-state index contributed by atoms with van der Waals surface area (Å²) in [5, 5.41) is 13.3. The topological polar surface area (TPSA) is 65.7 Å². The highest BCUT2D eigenvalue weighted by Gasteiger charge is 2.29. The van der Waals surface area contributed by atoms with Crippen LogP contribution in [0.15, 0.2) is 41.0 Å². The number of hydrogen-bond acceptors (Lipinski definition) is 4. The summed E-state index contributed by atoms with van der Waals surface area (Å²) in [5.41, 5.74) is 3.11. The summed E-state index contributed by atoms with van der Waals surface area (Å²) in [6.07, 6.45) is 3.58. The molecule has 1 aliphatic heterocycles. The van der Waals surface area contributed by atoms with Crippen molar-refractivity contribution in [1.82, 2.24) is 4.90 Å². The predicted octanol–water partition coefficient (Wildman–Crippen LogP) is 3.42. The number of aryl methyl sites for hydroxylation is 2. The quantitative estimate of drug-likeness (QED) is 0.844. The summed E-state index contributed by atoms with van der Waals surface area (Å²) in [4.78, 5) is 14.6. The van der Waals surface area contributed by atoms with E-state index in [2.05, 4.69) is 16.3 Å². The second kappa shape index (κ2) is 7.85. The van der Waals surface area contributed by atoms with E-state index in [1.165, 1.54) is 5.56 Å². The van der Waals surface area contributed by atoms with Crippen LogP contribution in [-0.2, 0) is 4.79 Å². The number of rotatable bonds is 6. The normalized spacial score (nSPS) is 19.1. The molecule has 2 N–H and O–H groups in total. The average Bonchev–Trinajstić information content (AvgIpc) is 3.22. The summed E-state index contributed by atoms with van der Waals surface area (Å²) in [5.74, 6) is 0.581. The van der Waals surface area contributed by atoms with Crippen LogP contribution in [0.3, 0.4) is 0 Å². The van der Waals surface area contributed by atoms with Crippen LogP contribution in [0.25, 0.3) is 0 Å². The Morgan fingerprint density at radius 1 is 1.40 bits per heavy atom. The van der Waals surface area contributed by atoms with Crippen LogP contribution >= 0.6 is 0 Å².